The molecule has 0 saturated heterocycles. The molecule has 0 amide bonds. The molecule has 1 nitrogen and oxygen atoms in total. The largest absolute Gasteiger partial charge is 0.330 e. The lowest BCUT2D eigenvalue weighted by atomic mass is 10.0. The molecule has 3 heteroatoms. The summed E-state index contributed by atoms with van der Waals surface area (Å²) in [6, 6.07) is 9.31. The van der Waals surface area contributed by atoms with Crippen LogP contribution in [-0.2, 0) is 6.42 Å². The van der Waals surface area contributed by atoms with Crippen LogP contribution in [0.4, 0.5) is 8.78 Å². The minimum atomic E-state index is -2.62. The van der Waals surface area contributed by atoms with Gasteiger partial charge in [0.2, 0.25) is 5.92 Å². The predicted molar refractivity (Wildman–Crippen MR) is 53.4 cm³/mol. The molecule has 0 fully saturated rings. The highest BCUT2D eigenvalue weighted by atomic mass is 19.3. The van der Waals surface area contributed by atoms with Gasteiger partial charge in [-0.05, 0) is 18.5 Å². The van der Waals surface area contributed by atoms with Crippen LogP contribution in [0.3, 0.4) is 0 Å². The molecule has 0 spiro atoms. The van der Waals surface area contributed by atoms with Crippen molar-refractivity contribution >= 4 is 0 Å². The van der Waals surface area contributed by atoms with E-state index in [-0.39, 0.29) is 19.4 Å². The summed E-state index contributed by atoms with van der Waals surface area (Å²) in [4.78, 5) is 0. The van der Waals surface area contributed by atoms with Crippen LogP contribution in [-0.4, -0.2) is 12.5 Å². The van der Waals surface area contributed by atoms with E-state index in [1.165, 1.54) is 0 Å². The number of hydrogen-bond acceptors (Lipinski definition) is 1. The van der Waals surface area contributed by atoms with Crippen molar-refractivity contribution < 1.29 is 8.78 Å². The Morgan fingerprint density at radius 1 is 1.07 bits per heavy atom. The molecule has 1 aromatic carbocycles. The molecule has 0 aromatic heterocycles. The van der Waals surface area contributed by atoms with Gasteiger partial charge in [0.1, 0.15) is 0 Å². The van der Waals surface area contributed by atoms with E-state index in [0.29, 0.717) is 6.42 Å². The molecule has 2 N–H and O–H groups in total. The summed E-state index contributed by atoms with van der Waals surface area (Å²) in [5.74, 6) is -2.62. The van der Waals surface area contributed by atoms with Crippen LogP contribution >= 0.6 is 0 Å². The van der Waals surface area contributed by atoms with E-state index in [4.69, 9.17) is 5.73 Å². The van der Waals surface area contributed by atoms with Crippen LogP contribution in [0, 0.1) is 0 Å². The molecule has 1 rings (SSSR count). The SMILES string of the molecule is NCCC(F)(F)CCc1ccccc1. The van der Waals surface area contributed by atoms with Crippen molar-refractivity contribution in [3.8, 4) is 0 Å². The van der Waals surface area contributed by atoms with Crippen molar-refractivity contribution in [1.29, 1.82) is 0 Å². The van der Waals surface area contributed by atoms with Gasteiger partial charge in [0.05, 0.1) is 0 Å². The fourth-order valence-electron chi connectivity index (χ4n) is 1.31. The van der Waals surface area contributed by atoms with Crippen molar-refractivity contribution in [3.05, 3.63) is 35.9 Å². The molecule has 0 atom stereocenters. The molecule has 0 saturated carbocycles. The minimum absolute atomic E-state index is 0.0434. The molecular formula is C11H15F2N. The zero-order valence-electron chi connectivity index (χ0n) is 8.05. The third-order valence-corrected chi connectivity index (χ3v) is 2.13. The lowest BCUT2D eigenvalue weighted by Gasteiger charge is -2.14. The van der Waals surface area contributed by atoms with Gasteiger partial charge in [0.15, 0.2) is 0 Å². The van der Waals surface area contributed by atoms with E-state index in [1.807, 2.05) is 30.3 Å². The van der Waals surface area contributed by atoms with Crippen LogP contribution in [0.15, 0.2) is 30.3 Å². The summed E-state index contributed by atoms with van der Waals surface area (Å²) >= 11 is 0. The van der Waals surface area contributed by atoms with Crippen molar-refractivity contribution in [1.82, 2.24) is 0 Å². The second-order valence-electron chi connectivity index (χ2n) is 3.38. The van der Waals surface area contributed by atoms with Crippen LogP contribution < -0.4 is 5.73 Å². The molecular weight excluding hydrogens is 184 g/mol. The van der Waals surface area contributed by atoms with Gasteiger partial charge in [-0.15, -0.1) is 0 Å². The summed E-state index contributed by atoms with van der Waals surface area (Å²) in [5.41, 5.74) is 6.05. The van der Waals surface area contributed by atoms with Gasteiger partial charge in [-0.3, -0.25) is 0 Å². The topological polar surface area (TPSA) is 26.0 Å². The normalized spacial score (nSPS) is 11.6. The molecule has 0 aliphatic heterocycles. The van der Waals surface area contributed by atoms with Crippen LogP contribution in [0.1, 0.15) is 18.4 Å². The molecule has 14 heavy (non-hydrogen) atoms. The van der Waals surface area contributed by atoms with E-state index >= 15 is 0 Å². The number of halogens is 2. The maximum absolute atomic E-state index is 13.0. The molecule has 0 aliphatic rings. The Hall–Kier alpha value is -0.960. The standard InChI is InChI=1S/C11H15F2N/c12-11(13,8-9-14)7-6-10-4-2-1-3-5-10/h1-5H,6-9,14H2. The Labute approximate surface area is 82.9 Å². The van der Waals surface area contributed by atoms with E-state index in [2.05, 4.69) is 0 Å². The fraction of sp³-hybridized carbons (Fsp3) is 0.455. The van der Waals surface area contributed by atoms with Gasteiger partial charge in [0, 0.05) is 12.8 Å². The molecule has 78 valence electrons. The lowest BCUT2D eigenvalue weighted by Crippen LogP contribution is -2.21. The van der Waals surface area contributed by atoms with E-state index in [1.54, 1.807) is 0 Å². The molecule has 1 aromatic rings. The van der Waals surface area contributed by atoms with E-state index in [0.717, 1.165) is 5.56 Å². The van der Waals surface area contributed by atoms with Gasteiger partial charge < -0.3 is 5.73 Å². The van der Waals surface area contributed by atoms with Gasteiger partial charge in [0.25, 0.3) is 0 Å². The summed E-state index contributed by atoms with van der Waals surface area (Å²) in [7, 11) is 0. The van der Waals surface area contributed by atoms with Crippen LogP contribution in [0.25, 0.3) is 0 Å². The smallest absolute Gasteiger partial charge is 0.249 e. The van der Waals surface area contributed by atoms with Gasteiger partial charge in [-0.1, -0.05) is 30.3 Å². The Balaban J connectivity index is 2.40. The second-order valence-corrected chi connectivity index (χ2v) is 3.38. The average molecular weight is 199 g/mol. The maximum Gasteiger partial charge on any atom is 0.249 e. The van der Waals surface area contributed by atoms with Crippen molar-refractivity contribution in [2.45, 2.75) is 25.2 Å². The first kappa shape index (κ1) is 11.1. The number of nitrogens with two attached hydrogens (primary N) is 1. The Morgan fingerprint density at radius 2 is 1.71 bits per heavy atom. The second kappa shape index (κ2) is 5.05. The maximum atomic E-state index is 13.0. The first-order valence-electron chi connectivity index (χ1n) is 4.76. The Morgan fingerprint density at radius 3 is 2.29 bits per heavy atom. The highest BCUT2D eigenvalue weighted by Gasteiger charge is 2.26. The average Bonchev–Trinajstić information content (AvgIpc) is 2.17. The lowest BCUT2D eigenvalue weighted by molar-refractivity contribution is -0.0132. The molecule has 0 aliphatic carbocycles. The Kier molecular flexibility index (Phi) is 4.01. The highest BCUT2D eigenvalue weighted by Crippen LogP contribution is 2.23. The third-order valence-electron chi connectivity index (χ3n) is 2.13. The first-order chi connectivity index (χ1) is 6.64. The zero-order valence-corrected chi connectivity index (χ0v) is 8.05. The van der Waals surface area contributed by atoms with Crippen LogP contribution in [0.2, 0.25) is 0 Å². The van der Waals surface area contributed by atoms with Gasteiger partial charge in [-0.25, -0.2) is 8.78 Å². The number of aryl methyl sites for hydroxylation is 1. The van der Waals surface area contributed by atoms with Gasteiger partial charge >= 0.3 is 0 Å². The van der Waals surface area contributed by atoms with E-state index < -0.39 is 5.92 Å². The summed E-state index contributed by atoms with van der Waals surface area (Å²) in [5, 5.41) is 0. The monoisotopic (exact) mass is 199 g/mol. The summed E-state index contributed by atoms with van der Waals surface area (Å²) in [6.07, 6.45) is 0.0713. The van der Waals surface area contributed by atoms with Crippen molar-refractivity contribution in [2.24, 2.45) is 5.73 Å². The number of rotatable bonds is 5. The third kappa shape index (κ3) is 3.83. The Bertz CT molecular complexity index is 259. The first-order valence-corrected chi connectivity index (χ1v) is 4.76. The molecule has 0 radical (unpaired) electrons. The number of hydrogen-bond donors (Lipinski definition) is 1. The molecule has 0 bridgehead atoms. The highest BCUT2D eigenvalue weighted by molar-refractivity contribution is 5.14. The summed E-state index contributed by atoms with van der Waals surface area (Å²) < 4.78 is 26.1. The molecule has 0 unspecified atom stereocenters. The summed E-state index contributed by atoms with van der Waals surface area (Å²) in [6.45, 7) is 0.0434. The van der Waals surface area contributed by atoms with Crippen molar-refractivity contribution in [3.63, 3.8) is 0 Å². The fourth-order valence-corrected chi connectivity index (χ4v) is 1.31. The predicted octanol–water partition coefficient (Wildman–Crippen LogP) is 2.60. The zero-order chi connectivity index (χ0) is 10.4. The van der Waals surface area contributed by atoms with Crippen molar-refractivity contribution in [2.75, 3.05) is 6.54 Å². The van der Waals surface area contributed by atoms with E-state index in [9.17, 15) is 8.78 Å². The quantitative estimate of drug-likeness (QED) is 0.775. The van der Waals surface area contributed by atoms with Gasteiger partial charge in [-0.2, -0.15) is 0 Å². The number of benzene rings is 1. The number of alkyl halides is 2. The van der Waals surface area contributed by atoms with Crippen LogP contribution in [0.5, 0.6) is 0 Å². The molecule has 0 heterocycles. The minimum Gasteiger partial charge on any atom is -0.330 e.